The summed E-state index contributed by atoms with van der Waals surface area (Å²) in [5.74, 6) is -2.44. The molecule has 0 aliphatic carbocycles. The third-order valence-electron chi connectivity index (χ3n) is 5.52. The molecular formula is C25H39N3O10. The number of hydrogen-bond donors (Lipinski definition) is 0. The average molecular weight is 542 g/mol. The van der Waals surface area contributed by atoms with Crippen LogP contribution in [0.25, 0.3) is 0 Å². The second-order valence-electron chi connectivity index (χ2n) is 10.9. The Labute approximate surface area is 223 Å². The van der Waals surface area contributed by atoms with E-state index in [0.29, 0.717) is 6.42 Å². The van der Waals surface area contributed by atoms with Crippen LogP contribution in [0.1, 0.15) is 54.4 Å². The predicted molar refractivity (Wildman–Crippen MR) is 131 cm³/mol. The molecule has 4 atom stereocenters. The van der Waals surface area contributed by atoms with Gasteiger partial charge in [0.1, 0.15) is 23.3 Å². The van der Waals surface area contributed by atoms with Gasteiger partial charge in [0, 0.05) is 13.1 Å². The molecule has 0 aromatic heterocycles. The fourth-order valence-corrected chi connectivity index (χ4v) is 3.87. The number of nitriles is 1. The zero-order valence-corrected chi connectivity index (χ0v) is 23.6. The lowest BCUT2D eigenvalue weighted by Gasteiger charge is -2.27. The van der Waals surface area contributed by atoms with Gasteiger partial charge in [-0.1, -0.05) is 0 Å². The van der Waals surface area contributed by atoms with Crippen molar-refractivity contribution in [3.8, 4) is 6.07 Å². The first-order valence-electron chi connectivity index (χ1n) is 12.1. The molecule has 0 N–H and O–H groups in total. The van der Waals surface area contributed by atoms with Crippen LogP contribution in [0, 0.1) is 23.2 Å². The molecule has 0 saturated carbocycles. The molecule has 2 amide bonds. The van der Waals surface area contributed by atoms with Gasteiger partial charge in [0.15, 0.2) is 0 Å². The summed E-state index contributed by atoms with van der Waals surface area (Å²) >= 11 is 0. The maximum atomic E-state index is 12.1. The van der Waals surface area contributed by atoms with Gasteiger partial charge in [0.25, 0.3) is 0 Å². The van der Waals surface area contributed by atoms with Crippen molar-refractivity contribution in [3.05, 3.63) is 0 Å². The van der Waals surface area contributed by atoms with E-state index in [9.17, 15) is 24.0 Å². The van der Waals surface area contributed by atoms with Crippen molar-refractivity contribution in [2.24, 2.45) is 11.8 Å². The number of carbonyl (C=O) groups is 5. The molecule has 0 bridgehead atoms. The van der Waals surface area contributed by atoms with Crippen molar-refractivity contribution in [3.63, 3.8) is 0 Å². The topological polar surface area (TPSA) is 162 Å². The Morgan fingerprint density at radius 1 is 0.684 bits per heavy atom. The molecule has 2 rings (SSSR count). The summed E-state index contributed by atoms with van der Waals surface area (Å²) in [5, 5.41) is 8.89. The van der Waals surface area contributed by atoms with E-state index in [4.69, 9.17) is 14.7 Å². The fourth-order valence-electron chi connectivity index (χ4n) is 3.87. The first-order valence-corrected chi connectivity index (χ1v) is 12.1. The maximum Gasteiger partial charge on any atom is 0.411 e. The highest BCUT2D eigenvalue weighted by Crippen LogP contribution is 2.28. The highest BCUT2D eigenvalue weighted by Gasteiger charge is 2.45. The fraction of sp³-hybridized carbons (Fsp3) is 0.760. The number of rotatable bonds is 3. The van der Waals surface area contributed by atoms with E-state index in [1.165, 1.54) is 31.1 Å². The van der Waals surface area contributed by atoms with E-state index in [2.05, 4.69) is 20.3 Å². The summed E-state index contributed by atoms with van der Waals surface area (Å²) in [4.78, 5) is 61.4. The third kappa shape index (κ3) is 9.39. The van der Waals surface area contributed by atoms with Crippen LogP contribution in [0.5, 0.6) is 0 Å². The highest BCUT2D eigenvalue weighted by atomic mass is 16.6. The van der Waals surface area contributed by atoms with E-state index in [1.807, 2.05) is 0 Å². The van der Waals surface area contributed by atoms with Crippen molar-refractivity contribution in [1.29, 1.82) is 5.26 Å². The molecule has 2 saturated heterocycles. The minimum absolute atomic E-state index is 0.0847. The van der Waals surface area contributed by atoms with E-state index >= 15 is 0 Å². The van der Waals surface area contributed by atoms with E-state index in [0.717, 1.165) is 0 Å². The van der Waals surface area contributed by atoms with Gasteiger partial charge >= 0.3 is 30.1 Å². The molecule has 0 unspecified atom stereocenters. The molecule has 13 nitrogen and oxygen atoms in total. The van der Waals surface area contributed by atoms with Crippen LogP contribution in [0.15, 0.2) is 0 Å². The number of amides is 2. The van der Waals surface area contributed by atoms with Crippen molar-refractivity contribution in [2.45, 2.75) is 77.7 Å². The minimum atomic E-state index is -0.820. The summed E-state index contributed by atoms with van der Waals surface area (Å²) in [6.45, 7) is 10.7. The number of methoxy groups -OCH3 is 3. The lowest BCUT2D eigenvalue weighted by molar-refractivity contribution is -0.146. The van der Waals surface area contributed by atoms with Gasteiger partial charge in [-0.05, 0) is 54.4 Å². The van der Waals surface area contributed by atoms with Crippen LogP contribution in [-0.2, 0) is 38.1 Å². The zero-order chi connectivity index (χ0) is 29.4. The van der Waals surface area contributed by atoms with Crippen LogP contribution in [0.3, 0.4) is 0 Å². The summed E-state index contributed by atoms with van der Waals surface area (Å²) in [7, 11) is 3.77. The molecule has 0 aromatic carbocycles. The standard InChI is InChI=1S/C13H21NO6.C12H18N2O4/c1-13(2,3)20-12(17)14-7-8(10(15)18-4)6-9(14)11(16)19-5;1-12(2,3)18-11(16)14-7-8(6-13)5-9(14)10(15)17-4/h8-9H,6-7H2,1-5H3;8-9H,5,7H2,1-4H3/t8-,9-;8-,9+/m01/s1. The van der Waals surface area contributed by atoms with E-state index in [1.54, 1.807) is 41.5 Å². The summed E-state index contributed by atoms with van der Waals surface area (Å²) < 4.78 is 24.4. The van der Waals surface area contributed by atoms with Crippen LogP contribution in [-0.4, -0.2) is 97.6 Å². The van der Waals surface area contributed by atoms with Gasteiger partial charge in [-0.3, -0.25) is 14.6 Å². The van der Waals surface area contributed by atoms with Gasteiger partial charge in [-0.25, -0.2) is 19.2 Å². The number of ether oxygens (including phenoxy) is 5. The molecular weight excluding hydrogens is 502 g/mol. The van der Waals surface area contributed by atoms with Gasteiger partial charge in [0.2, 0.25) is 0 Å². The van der Waals surface area contributed by atoms with Crippen LogP contribution >= 0.6 is 0 Å². The summed E-state index contributed by atoms with van der Waals surface area (Å²) in [6.07, 6.45) is -0.754. The van der Waals surface area contributed by atoms with Crippen LogP contribution in [0.4, 0.5) is 9.59 Å². The Morgan fingerprint density at radius 2 is 1.08 bits per heavy atom. The maximum absolute atomic E-state index is 12.1. The van der Waals surface area contributed by atoms with E-state index < -0.39 is 59.3 Å². The SMILES string of the molecule is COC(=O)[C@@H]1C[C@H](C#N)CN1C(=O)OC(C)(C)C.COC(=O)[C@H]1C[C@@H](C(=O)OC)N(C(=O)OC(C)(C)C)C1. The van der Waals surface area contributed by atoms with Gasteiger partial charge in [-0.2, -0.15) is 5.26 Å². The molecule has 0 radical (unpaired) electrons. The Balaban J connectivity index is 0.000000382. The summed E-state index contributed by atoms with van der Waals surface area (Å²) in [5.41, 5.74) is -1.32. The molecule has 2 aliphatic heterocycles. The second-order valence-corrected chi connectivity index (χ2v) is 10.9. The van der Waals surface area contributed by atoms with Crippen molar-refractivity contribution < 1.29 is 47.7 Å². The van der Waals surface area contributed by atoms with Crippen molar-refractivity contribution in [2.75, 3.05) is 34.4 Å². The Hall–Kier alpha value is -3.56. The number of likely N-dealkylation sites (tertiary alicyclic amines) is 2. The third-order valence-corrected chi connectivity index (χ3v) is 5.52. The van der Waals surface area contributed by atoms with Crippen molar-refractivity contribution in [1.82, 2.24) is 9.80 Å². The van der Waals surface area contributed by atoms with Crippen LogP contribution < -0.4 is 0 Å². The van der Waals surface area contributed by atoms with E-state index in [-0.39, 0.29) is 25.4 Å². The molecule has 0 spiro atoms. The normalized spacial score (nSPS) is 22.8. The molecule has 2 heterocycles. The Bertz CT molecular complexity index is 931. The molecule has 2 fully saturated rings. The largest absolute Gasteiger partial charge is 0.469 e. The minimum Gasteiger partial charge on any atom is -0.469 e. The Morgan fingerprint density at radius 3 is 1.45 bits per heavy atom. The first-order chi connectivity index (χ1) is 17.5. The van der Waals surface area contributed by atoms with Crippen molar-refractivity contribution >= 4 is 30.1 Å². The number of carbonyl (C=O) groups excluding carboxylic acids is 5. The van der Waals surface area contributed by atoms with Gasteiger partial charge < -0.3 is 23.7 Å². The average Bonchev–Trinajstić information content (AvgIpc) is 3.46. The quantitative estimate of drug-likeness (QED) is 0.380. The Kier molecular flexibility index (Phi) is 11.4. The lowest BCUT2D eigenvalue weighted by atomic mass is 10.1. The highest BCUT2D eigenvalue weighted by molar-refractivity contribution is 5.85. The number of nitrogens with zero attached hydrogens (tertiary/aromatic N) is 3. The molecule has 13 heteroatoms. The summed E-state index contributed by atoms with van der Waals surface area (Å²) in [6, 6.07) is 0.516. The molecule has 214 valence electrons. The number of hydrogen-bond acceptors (Lipinski definition) is 11. The van der Waals surface area contributed by atoms with Gasteiger partial charge in [-0.15, -0.1) is 0 Å². The molecule has 0 aromatic rings. The van der Waals surface area contributed by atoms with Gasteiger partial charge in [0.05, 0.1) is 39.2 Å². The molecule has 38 heavy (non-hydrogen) atoms. The smallest absolute Gasteiger partial charge is 0.411 e. The first kappa shape index (κ1) is 32.5. The predicted octanol–water partition coefficient (Wildman–Crippen LogP) is 2.27. The number of esters is 3. The van der Waals surface area contributed by atoms with Crippen LogP contribution in [0.2, 0.25) is 0 Å². The lowest BCUT2D eigenvalue weighted by Crippen LogP contribution is -2.43. The zero-order valence-electron chi connectivity index (χ0n) is 23.6. The second kappa shape index (κ2) is 13.3. The monoisotopic (exact) mass is 541 g/mol. The molecule has 2 aliphatic rings.